The van der Waals surface area contributed by atoms with Crippen molar-refractivity contribution in [3.05, 3.63) is 33.0 Å². The summed E-state index contributed by atoms with van der Waals surface area (Å²) in [7, 11) is 2.07. The fraction of sp³-hybridized carbons (Fsp3) is 0.625. The average molecular weight is 302 g/mol. The molecule has 118 valence electrons. The fourth-order valence-electron chi connectivity index (χ4n) is 3.45. The second-order valence-electron chi connectivity index (χ2n) is 6.68. The zero-order chi connectivity index (χ0) is 15.9. The molecule has 0 atom stereocenters. The lowest BCUT2D eigenvalue weighted by molar-refractivity contribution is -0.386. The van der Waals surface area contributed by atoms with Crippen molar-refractivity contribution in [3.63, 3.8) is 0 Å². The molecule has 22 heavy (non-hydrogen) atoms. The maximum Gasteiger partial charge on any atom is 0.296 e. The number of benzene rings is 1. The predicted molar refractivity (Wildman–Crippen MR) is 84.8 cm³/mol. The highest BCUT2D eigenvalue weighted by Gasteiger charge is 2.28. The SMILES string of the molecule is CN(c1ccc([N+](=O)[O-])c2c1=NC(C)(C)N=2)C1CCCCC1. The van der Waals surface area contributed by atoms with Crippen molar-refractivity contribution >= 4 is 11.4 Å². The molecule has 0 aromatic heterocycles. The van der Waals surface area contributed by atoms with Crippen molar-refractivity contribution in [1.29, 1.82) is 0 Å². The number of hydrogen-bond acceptors (Lipinski definition) is 5. The predicted octanol–water partition coefficient (Wildman–Crippen LogP) is 2.35. The molecule has 0 spiro atoms. The van der Waals surface area contributed by atoms with Crippen LogP contribution in [0.5, 0.6) is 0 Å². The minimum atomic E-state index is -0.628. The Bertz CT molecular complexity index is 720. The highest BCUT2D eigenvalue weighted by molar-refractivity contribution is 5.51. The van der Waals surface area contributed by atoms with E-state index in [0.29, 0.717) is 16.8 Å². The number of nitrogens with zero attached hydrogens (tertiary/aromatic N) is 4. The second kappa shape index (κ2) is 5.34. The molecule has 0 unspecified atom stereocenters. The van der Waals surface area contributed by atoms with Crippen molar-refractivity contribution in [1.82, 2.24) is 0 Å². The van der Waals surface area contributed by atoms with E-state index >= 15 is 0 Å². The number of rotatable bonds is 3. The molecule has 1 fully saturated rings. The first-order chi connectivity index (χ1) is 10.4. The van der Waals surface area contributed by atoms with Gasteiger partial charge >= 0.3 is 0 Å². The van der Waals surface area contributed by atoms with E-state index in [2.05, 4.69) is 21.9 Å². The maximum atomic E-state index is 11.2. The third-order valence-electron chi connectivity index (χ3n) is 4.58. The summed E-state index contributed by atoms with van der Waals surface area (Å²) in [6.07, 6.45) is 6.13. The summed E-state index contributed by atoms with van der Waals surface area (Å²) in [6.45, 7) is 3.75. The molecule has 1 aromatic carbocycles. The lowest BCUT2D eigenvalue weighted by Gasteiger charge is -2.32. The van der Waals surface area contributed by atoms with Gasteiger partial charge in [-0.15, -0.1) is 0 Å². The first-order valence-electron chi connectivity index (χ1n) is 7.89. The molecule has 6 nitrogen and oxygen atoms in total. The van der Waals surface area contributed by atoms with E-state index in [4.69, 9.17) is 0 Å². The molecule has 2 aliphatic rings. The van der Waals surface area contributed by atoms with Gasteiger partial charge in [-0.1, -0.05) is 19.3 Å². The average Bonchev–Trinajstić information content (AvgIpc) is 2.80. The number of non-ortho nitro benzene ring substituents is 1. The topological polar surface area (TPSA) is 71.1 Å². The van der Waals surface area contributed by atoms with Gasteiger partial charge in [0.15, 0.2) is 5.36 Å². The van der Waals surface area contributed by atoms with E-state index in [1.165, 1.54) is 32.1 Å². The molecule has 0 N–H and O–H groups in total. The highest BCUT2D eigenvalue weighted by atomic mass is 16.6. The van der Waals surface area contributed by atoms with Gasteiger partial charge in [0.1, 0.15) is 11.0 Å². The highest BCUT2D eigenvalue weighted by Crippen LogP contribution is 2.25. The minimum absolute atomic E-state index is 0.0464. The Morgan fingerprint density at radius 3 is 2.45 bits per heavy atom. The van der Waals surface area contributed by atoms with Gasteiger partial charge in [-0.3, -0.25) is 15.1 Å². The molecule has 1 heterocycles. The third-order valence-corrected chi connectivity index (χ3v) is 4.58. The molecule has 6 heteroatoms. The van der Waals surface area contributed by atoms with Crippen LogP contribution in [-0.4, -0.2) is 23.7 Å². The van der Waals surface area contributed by atoms with Crippen molar-refractivity contribution in [2.24, 2.45) is 9.98 Å². The Morgan fingerprint density at radius 1 is 1.18 bits per heavy atom. The maximum absolute atomic E-state index is 11.2. The van der Waals surface area contributed by atoms with Gasteiger partial charge in [-0.25, -0.2) is 4.99 Å². The summed E-state index contributed by atoms with van der Waals surface area (Å²) < 4.78 is 0. The van der Waals surface area contributed by atoms with E-state index in [0.717, 1.165) is 5.69 Å². The Kier molecular flexibility index (Phi) is 3.62. The van der Waals surface area contributed by atoms with Crippen LogP contribution in [0.2, 0.25) is 0 Å². The van der Waals surface area contributed by atoms with Gasteiger partial charge in [0, 0.05) is 19.2 Å². The van der Waals surface area contributed by atoms with Crippen LogP contribution in [0, 0.1) is 10.1 Å². The summed E-state index contributed by atoms with van der Waals surface area (Å²) in [4.78, 5) is 22.2. The van der Waals surface area contributed by atoms with Crippen LogP contribution in [0.25, 0.3) is 0 Å². The Labute approximate surface area is 129 Å². The number of fused-ring (bicyclic) bond motifs is 1. The zero-order valence-electron chi connectivity index (χ0n) is 13.4. The standard InChI is InChI=1S/C16H22N4O2/c1-16(2)17-14-12(19(3)11-7-5-4-6-8-11)9-10-13(20(21)22)15(14)18-16/h9-11H,4-8H2,1-3H3. The van der Waals surface area contributed by atoms with E-state index in [1.807, 2.05) is 19.9 Å². The largest absolute Gasteiger partial charge is 0.370 e. The van der Waals surface area contributed by atoms with Crippen LogP contribution >= 0.6 is 0 Å². The first kappa shape index (κ1) is 14.9. The Balaban J connectivity index is 2.11. The molecule has 0 saturated heterocycles. The van der Waals surface area contributed by atoms with Crippen LogP contribution in [-0.2, 0) is 0 Å². The van der Waals surface area contributed by atoms with E-state index in [9.17, 15) is 10.1 Å². The van der Waals surface area contributed by atoms with Crippen LogP contribution in [0.15, 0.2) is 22.1 Å². The number of nitro benzene ring substituents is 1. The number of hydrogen-bond donors (Lipinski definition) is 0. The van der Waals surface area contributed by atoms with E-state index < -0.39 is 5.66 Å². The lowest BCUT2D eigenvalue weighted by atomic mass is 9.94. The number of nitro groups is 1. The first-order valence-corrected chi connectivity index (χ1v) is 7.89. The summed E-state index contributed by atoms with van der Waals surface area (Å²) in [5, 5.41) is 12.3. The smallest absolute Gasteiger partial charge is 0.296 e. The second-order valence-corrected chi connectivity index (χ2v) is 6.68. The zero-order valence-corrected chi connectivity index (χ0v) is 13.4. The molecule has 0 amide bonds. The van der Waals surface area contributed by atoms with E-state index in [-0.39, 0.29) is 10.6 Å². The van der Waals surface area contributed by atoms with Gasteiger partial charge in [0.05, 0.1) is 10.6 Å². The number of anilines is 1. The molecular formula is C16H22N4O2. The summed E-state index contributed by atoms with van der Waals surface area (Å²) in [5.74, 6) is 0. The van der Waals surface area contributed by atoms with Crippen LogP contribution in [0.4, 0.5) is 11.4 Å². The van der Waals surface area contributed by atoms with Gasteiger partial charge in [0.2, 0.25) is 0 Å². The quantitative estimate of drug-likeness (QED) is 0.635. The van der Waals surface area contributed by atoms with Gasteiger partial charge in [-0.05, 0) is 32.8 Å². The molecule has 0 bridgehead atoms. The van der Waals surface area contributed by atoms with Crippen molar-refractivity contribution < 1.29 is 4.92 Å². The molecule has 1 aliphatic carbocycles. The van der Waals surface area contributed by atoms with Crippen molar-refractivity contribution in [3.8, 4) is 0 Å². The van der Waals surface area contributed by atoms with Crippen LogP contribution in [0.1, 0.15) is 46.0 Å². The lowest BCUT2D eigenvalue weighted by Crippen LogP contribution is -2.39. The summed E-state index contributed by atoms with van der Waals surface area (Å²) in [5.41, 5.74) is 0.378. The van der Waals surface area contributed by atoms with Crippen LogP contribution in [0.3, 0.4) is 0 Å². The fourth-order valence-corrected chi connectivity index (χ4v) is 3.45. The summed E-state index contributed by atoms with van der Waals surface area (Å²) in [6, 6.07) is 3.87. The third kappa shape index (κ3) is 2.58. The molecular weight excluding hydrogens is 280 g/mol. The van der Waals surface area contributed by atoms with Crippen LogP contribution < -0.4 is 15.6 Å². The van der Waals surface area contributed by atoms with Gasteiger partial charge < -0.3 is 4.90 Å². The summed E-state index contributed by atoms with van der Waals surface area (Å²) >= 11 is 0. The van der Waals surface area contributed by atoms with Gasteiger partial charge in [-0.2, -0.15) is 0 Å². The monoisotopic (exact) mass is 302 g/mol. The Hall–Kier alpha value is -1.98. The Morgan fingerprint density at radius 2 is 1.82 bits per heavy atom. The van der Waals surface area contributed by atoms with Gasteiger partial charge in [0.25, 0.3) is 5.69 Å². The van der Waals surface area contributed by atoms with Crippen molar-refractivity contribution in [2.45, 2.75) is 57.7 Å². The van der Waals surface area contributed by atoms with E-state index in [1.54, 1.807) is 6.07 Å². The minimum Gasteiger partial charge on any atom is -0.370 e. The normalized spacial score (nSPS) is 20.0. The molecule has 1 aliphatic heterocycles. The molecule has 3 rings (SSSR count). The molecule has 1 saturated carbocycles. The molecule has 0 radical (unpaired) electrons. The van der Waals surface area contributed by atoms with Crippen molar-refractivity contribution in [2.75, 3.05) is 11.9 Å². The molecule has 1 aromatic rings.